The molecule has 1 heterocycles. The molecule has 3 N–H and O–H groups in total. The first-order valence-electron chi connectivity index (χ1n) is 11.4. The fourth-order valence-corrected chi connectivity index (χ4v) is 3.83. The standard InChI is InChI=1S/C27H28N4O3/c1-34-22-10-5-9-21(18-22)20-8-4-7-19(17-20)13-14-25(32)28-15-6-16-29-26-23-11-2-3-12-24(23)27(33)31-30-26/h2-5,7-12,17-18H,6,13-16H2,1H3,(H,28,32)(H,29,30)(H,31,33). The molecular weight excluding hydrogens is 428 g/mol. The first-order valence-corrected chi connectivity index (χ1v) is 11.4. The number of amides is 1. The van der Waals surface area contributed by atoms with Gasteiger partial charge in [-0.25, -0.2) is 5.10 Å². The molecule has 0 fully saturated rings. The van der Waals surface area contributed by atoms with Crippen molar-refractivity contribution in [3.63, 3.8) is 0 Å². The van der Waals surface area contributed by atoms with Crippen LogP contribution in [0.1, 0.15) is 18.4 Å². The molecule has 0 aliphatic heterocycles. The molecule has 34 heavy (non-hydrogen) atoms. The Morgan fingerprint density at radius 2 is 1.71 bits per heavy atom. The fraction of sp³-hybridized carbons (Fsp3) is 0.222. The van der Waals surface area contributed by atoms with Gasteiger partial charge in [0.05, 0.1) is 12.5 Å². The molecule has 0 bridgehead atoms. The van der Waals surface area contributed by atoms with E-state index in [2.05, 4.69) is 33.0 Å². The Morgan fingerprint density at radius 1 is 0.941 bits per heavy atom. The van der Waals surface area contributed by atoms with E-state index in [1.165, 1.54) is 0 Å². The minimum Gasteiger partial charge on any atom is -0.497 e. The van der Waals surface area contributed by atoms with E-state index in [0.717, 1.165) is 34.2 Å². The zero-order valence-corrected chi connectivity index (χ0v) is 19.1. The van der Waals surface area contributed by atoms with Gasteiger partial charge in [-0.05, 0) is 47.7 Å². The summed E-state index contributed by atoms with van der Waals surface area (Å²) in [6.07, 6.45) is 1.85. The number of ether oxygens (including phenoxy) is 1. The summed E-state index contributed by atoms with van der Waals surface area (Å²) < 4.78 is 5.31. The third-order valence-electron chi connectivity index (χ3n) is 5.64. The lowest BCUT2D eigenvalue weighted by molar-refractivity contribution is -0.121. The molecule has 4 aromatic rings. The molecule has 1 amide bonds. The third-order valence-corrected chi connectivity index (χ3v) is 5.64. The summed E-state index contributed by atoms with van der Waals surface area (Å²) in [4.78, 5) is 24.2. The van der Waals surface area contributed by atoms with Crippen molar-refractivity contribution >= 4 is 22.5 Å². The zero-order chi connectivity index (χ0) is 23.8. The summed E-state index contributed by atoms with van der Waals surface area (Å²) in [5.74, 6) is 1.48. The molecule has 0 spiro atoms. The summed E-state index contributed by atoms with van der Waals surface area (Å²) in [5, 5.41) is 14.2. The number of carbonyl (C=O) groups is 1. The van der Waals surface area contributed by atoms with Gasteiger partial charge in [0.25, 0.3) is 5.56 Å². The molecule has 0 saturated carbocycles. The number of aromatic amines is 1. The Labute approximate surface area is 198 Å². The first-order chi connectivity index (χ1) is 16.6. The molecule has 0 unspecified atom stereocenters. The maximum absolute atomic E-state index is 12.3. The van der Waals surface area contributed by atoms with Crippen molar-refractivity contribution in [3.8, 4) is 16.9 Å². The van der Waals surface area contributed by atoms with Gasteiger partial charge >= 0.3 is 0 Å². The van der Waals surface area contributed by atoms with Gasteiger partial charge in [0.1, 0.15) is 5.75 Å². The number of rotatable bonds is 10. The second kappa shape index (κ2) is 11.1. The van der Waals surface area contributed by atoms with E-state index in [1.807, 2.05) is 54.6 Å². The van der Waals surface area contributed by atoms with Crippen molar-refractivity contribution in [3.05, 3.63) is 88.7 Å². The Bertz CT molecular complexity index is 1330. The molecule has 7 heteroatoms. The quantitative estimate of drug-likeness (QED) is 0.312. The number of hydrogen-bond donors (Lipinski definition) is 3. The topological polar surface area (TPSA) is 96.1 Å². The van der Waals surface area contributed by atoms with Crippen molar-refractivity contribution in [2.24, 2.45) is 0 Å². The van der Waals surface area contributed by atoms with Crippen LogP contribution in [0.3, 0.4) is 0 Å². The normalized spacial score (nSPS) is 10.7. The first kappa shape index (κ1) is 23.0. The number of benzene rings is 3. The molecular formula is C27H28N4O3. The van der Waals surface area contributed by atoms with Crippen LogP contribution in [0.4, 0.5) is 5.82 Å². The van der Waals surface area contributed by atoms with Gasteiger partial charge in [0.2, 0.25) is 5.91 Å². The molecule has 4 rings (SSSR count). The lowest BCUT2D eigenvalue weighted by Gasteiger charge is -2.09. The lowest BCUT2D eigenvalue weighted by atomic mass is 10.0. The van der Waals surface area contributed by atoms with Gasteiger partial charge in [-0.2, -0.15) is 5.10 Å². The highest BCUT2D eigenvalue weighted by molar-refractivity contribution is 5.90. The second-order valence-electron chi connectivity index (χ2n) is 8.01. The highest BCUT2D eigenvalue weighted by Gasteiger charge is 2.07. The largest absolute Gasteiger partial charge is 0.497 e. The molecule has 0 radical (unpaired) electrons. The molecule has 7 nitrogen and oxygen atoms in total. The van der Waals surface area contributed by atoms with E-state index in [0.29, 0.717) is 37.1 Å². The van der Waals surface area contributed by atoms with Crippen molar-refractivity contribution in [2.45, 2.75) is 19.3 Å². The zero-order valence-electron chi connectivity index (χ0n) is 19.1. The van der Waals surface area contributed by atoms with E-state index in [1.54, 1.807) is 13.2 Å². The molecule has 3 aromatic carbocycles. The number of H-pyrrole nitrogens is 1. The molecule has 0 atom stereocenters. The number of aryl methyl sites for hydroxylation is 1. The Kier molecular flexibility index (Phi) is 7.55. The number of methoxy groups -OCH3 is 1. The fourth-order valence-electron chi connectivity index (χ4n) is 3.83. The molecule has 0 aliphatic carbocycles. The number of anilines is 1. The number of nitrogens with one attached hydrogen (secondary N) is 3. The Balaban J connectivity index is 1.22. The number of aromatic nitrogens is 2. The number of nitrogens with zero attached hydrogens (tertiary/aromatic N) is 1. The smallest absolute Gasteiger partial charge is 0.272 e. The number of fused-ring (bicyclic) bond motifs is 1. The summed E-state index contributed by atoms with van der Waals surface area (Å²) in [6.45, 7) is 1.20. The van der Waals surface area contributed by atoms with Crippen LogP contribution in [0.2, 0.25) is 0 Å². The highest BCUT2D eigenvalue weighted by atomic mass is 16.5. The van der Waals surface area contributed by atoms with Gasteiger partial charge < -0.3 is 15.4 Å². The Hall–Kier alpha value is -4.13. The van der Waals surface area contributed by atoms with Gasteiger partial charge in [-0.3, -0.25) is 9.59 Å². The maximum atomic E-state index is 12.3. The SMILES string of the molecule is COc1cccc(-c2cccc(CCC(=O)NCCCNc3n[nH]c(=O)c4ccccc34)c2)c1. The third kappa shape index (κ3) is 5.81. The summed E-state index contributed by atoms with van der Waals surface area (Å²) in [6, 6.07) is 23.5. The van der Waals surface area contributed by atoms with Crippen LogP contribution in [0.25, 0.3) is 21.9 Å². The van der Waals surface area contributed by atoms with E-state index in [-0.39, 0.29) is 11.5 Å². The van der Waals surface area contributed by atoms with Crippen LogP contribution >= 0.6 is 0 Å². The molecule has 1 aromatic heterocycles. The van der Waals surface area contributed by atoms with Gasteiger partial charge in [0.15, 0.2) is 5.82 Å². The van der Waals surface area contributed by atoms with Crippen LogP contribution in [0, 0.1) is 0 Å². The average Bonchev–Trinajstić information content (AvgIpc) is 2.89. The minimum absolute atomic E-state index is 0.0272. The van der Waals surface area contributed by atoms with E-state index < -0.39 is 0 Å². The maximum Gasteiger partial charge on any atom is 0.272 e. The van der Waals surface area contributed by atoms with E-state index >= 15 is 0 Å². The van der Waals surface area contributed by atoms with Crippen LogP contribution < -0.4 is 20.9 Å². The predicted octanol–water partition coefficient (Wildman–Crippen LogP) is 4.15. The second-order valence-corrected chi connectivity index (χ2v) is 8.01. The average molecular weight is 457 g/mol. The monoisotopic (exact) mass is 456 g/mol. The van der Waals surface area contributed by atoms with Crippen molar-refractivity contribution in [1.29, 1.82) is 0 Å². The van der Waals surface area contributed by atoms with Crippen molar-refractivity contribution in [2.75, 3.05) is 25.5 Å². The lowest BCUT2D eigenvalue weighted by Crippen LogP contribution is -2.26. The Morgan fingerprint density at radius 3 is 2.53 bits per heavy atom. The molecule has 0 aliphatic rings. The minimum atomic E-state index is -0.206. The number of hydrogen-bond acceptors (Lipinski definition) is 5. The summed E-state index contributed by atoms with van der Waals surface area (Å²) >= 11 is 0. The van der Waals surface area contributed by atoms with Crippen LogP contribution in [0.5, 0.6) is 5.75 Å². The number of carbonyl (C=O) groups excluding carboxylic acids is 1. The molecule has 174 valence electrons. The summed E-state index contributed by atoms with van der Waals surface area (Å²) in [7, 11) is 1.66. The van der Waals surface area contributed by atoms with E-state index in [4.69, 9.17) is 4.74 Å². The highest BCUT2D eigenvalue weighted by Crippen LogP contribution is 2.25. The van der Waals surface area contributed by atoms with Gasteiger partial charge in [-0.15, -0.1) is 0 Å². The van der Waals surface area contributed by atoms with Gasteiger partial charge in [-0.1, -0.05) is 54.6 Å². The van der Waals surface area contributed by atoms with Crippen molar-refractivity contribution < 1.29 is 9.53 Å². The van der Waals surface area contributed by atoms with Crippen LogP contribution in [-0.4, -0.2) is 36.3 Å². The van der Waals surface area contributed by atoms with Crippen LogP contribution in [-0.2, 0) is 11.2 Å². The van der Waals surface area contributed by atoms with Crippen LogP contribution in [0.15, 0.2) is 77.6 Å². The predicted molar refractivity (Wildman–Crippen MR) is 135 cm³/mol. The molecule has 0 saturated heterocycles. The van der Waals surface area contributed by atoms with Gasteiger partial charge in [0, 0.05) is 24.9 Å². The van der Waals surface area contributed by atoms with Crippen molar-refractivity contribution in [1.82, 2.24) is 15.5 Å². The summed E-state index contributed by atoms with van der Waals surface area (Å²) in [5.41, 5.74) is 3.10. The van der Waals surface area contributed by atoms with E-state index in [9.17, 15) is 9.59 Å².